The van der Waals surface area contributed by atoms with Crippen LogP contribution in [0.5, 0.6) is 0 Å². The zero-order valence-corrected chi connectivity index (χ0v) is 49.4. The van der Waals surface area contributed by atoms with Gasteiger partial charge in [-0.15, -0.1) is 0 Å². The number of esters is 1. The average molecular weight is 1030 g/mol. The Morgan fingerprint density at radius 2 is 0.685 bits per heavy atom. The molecule has 0 rings (SSSR count). The molecule has 432 valence electrons. The molecule has 6 nitrogen and oxygen atoms in total. The molecule has 0 aliphatic rings. The van der Waals surface area contributed by atoms with Gasteiger partial charge in [-0.05, 0) is 64.2 Å². The van der Waals surface area contributed by atoms with E-state index in [9.17, 15) is 19.8 Å². The molecule has 0 fully saturated rings. The molecular formula is C67H129NO5. The summed E-state index contributed by atoms with van der Waals surface area (Å²) in [6.07, 6.45) is 77.7. The van der Waals surface area contributed by atoms with Crippen LogP contribution in [0.1, 0.15) is 367 Å². The van der Waals surface area contributed by atoms with Crippen molar-refractivity contribution in [2.45, 2.75) is 379 Å². The third-order valence-corrected chi connectivity index (χ3v) is 15.5. The van der Waals surface area contributed by atoms with E-state index in [2.05, 4.69) is 43.5 Å². The molecule has 0 aromatic rings. The molecule has 2 unspecified atom stereocenters. The number of rotatable bonds is 62. The third-order valence-electron chi connectivity index (χ3n) is 15.5. The van der Waals surface area contributed by atoms with Gasteiger partial charge < -0.3 is 20.3 Å². The minimum absolute atomic E-state index is 0.0101. The van der Waals surface area contributed by atoms with Crippen molar-refractivity contribution in [2.75, 3.05) is 13.2 Å². The number of aliphatic hydroxyl groups is 2. The highest BCUT2D eigenvalue weighted by Crippen LogP contribution is 2.18. The van der Waals surface area contributed by atoms with Crippen LogP contribution in [0.3, 0.4) is 0 Å². The second-order valence-corrected chi connectivity index (χ2v) is 22.8. The molecule has 0 saturated heterocycles. The lowest BCUT2D eigenvalue weighted by molar-refractivity contribution is -0.143. The number of allylic oxidation sites excluding steroid dienone is 4. The number of aliphatic hydroxyl groups excluding tert-OH is 2. The van der Waals surface area contributed by atoms with E-state index in [1.165, 1.54) is 250 Å². The number of hydrogen-bond donors (Lipinski definition) is 3. The molecule has 1 amide bonds. The van der Waals surface area contributed by atoms with Crippen LogP contribution in [-0.2, 0) is 14.3 Å². The summed E-state index contributed by atoms with van der Waals surface area (Å²) in [5, 5.41) is 23.4. The summed E-state index contributed by atoms with van der Waals surface area (Å²) in [7, 11) is 0. The standard InChI is InChI=1S/C67H129NO5/c1-3-5-7-9-11-13-15-17-19-21-23-24-25-27-31-35-39-43-47-51-55-59-65(70)64(63-69)68-66(71)60-56-52-48-44-40-36-32-28-26-30-34-38-42-46-50-54-58-62-73-67(72)61-57-53-49-45-41-37-33-29-22-20-18-16-14-12-10-8-6-4-2/h26,30,38,42,64-65,69-70H,3-25,27-29,31-37,39-41,43-63H2,1-2H3,(H,68,71)/b30-26-,42-38-. The Labute approximate surface area is 456 Å². The molecule has 0 heterocycles. The quantitative estimate of drug-likeness (QED) is 0.0320. The Hall–Kier alpha value is -1.66. The first-order chi connectivity index (χ1) is 36.0. The third kappa shape index (κ3) is 59.4. The monoisotopic (exact) mass is 1030 g/mol. The number of amides is 1. The van der Waals surface area contributed by atoms with E-state index < -0.39 is 12.1 Å². The van der Waals surface area contributed by atoms with E-state index in [1.807, 2.05) is 0 Å². The Morgan fingerprint density at radius 1 is 0.384 bits per heavy atom. The Balaban J connectivity index is 3.46. The van der Waals surface area contributed by atoms with Gasteiger partial charge in [0.15, 0.2) is 0 Å². The molecule has 0 saturated carbocycles. The van der Waals surface area contributed by atoms with E-state index in [0.717, 1.165) is 83.5 Å². The van der Waals surface area contributed by atoms with Gasteiger partial charge in [-0.2, -0.15) is 0 Å². The van der Waals surface area contributed by atoms with Crippen LogP contribution in [0.25, 0.3) is 0 Å². The summed E-state index contributed by atoms with van der Waals surface area (Å²) in [6, 6.07) is -0.554. The maximum Gasteiger partial charge on any atom is 0.305 e. The van der Waals surface area contributed by atoms with Crippen LogP contribution in [0.15, 0.2) is 24.3 Å². The molecular weight excluding hydrogens is 899 g/mol. The van der Waals surface area contributed by atoms with Gasteiger partial charge in [0.25, 0.3) is 0 Å². The van der Waals surface area contributed by atoms with Gasteiger partial charge in [-0.25, -0.2) is 0 Å². The van der Waals surface area contributed by atoms with Crippen LogP contribution < -0.4 is 5.32 Å². The second-order valence-electron chi connectivity index (χ2n) is 22.8. The van der Waals surface area contributed by atoms with Gasteiger partial charge in [0.1, 0.15) is 0 Å². The fourth-order valence-electron chi connectivity index (χ4n) is 10.4. The zero-order chi connectivity index (χ0) is 52.9. The van der Waals surface area contributed by atoms with E-state index >= 15 is 0 Å². The average Bonchev–Trinajstić information content (AvgIpc) is 3.39. The van der Waals surface area contributed by atoms with Gasteiger partial charge in [0.2, 0.25) is 5.91 Å². The van der Waals surface area contributed by atoms with Crippen LogP contribution in [-0.4, -0.2) is 47.4 Å². The van der Waals surface area contributed by atoms with Gasteiger partial charge in [-0.3, -0.25) is 9.59 Å². The topological polar surface area (TPSA) is 95.9 Å². The number of hydrogen-bond acceptors (Lipinski definition) is 5. The summed E-state index contributed by atoms with van der Waals surface area (Å²) in [5.41, 5.74) is 0. The summed E-state index contributed by atoms with van der Waals surface area (Å²) in [4.78, 5) is 24.6. The smallest absolute Gasteiger partial charge is 0.305 e. The van der Waals surface area contributed by atoms with Crippen molar-refractivity contribution in [3.63, 3.8) is 0 Å². The van der Waals surface area contributed by atoms with Crippen LogP contribution in [0.4, 0.5) is 0 Å². The Morgan fingerprint density at radius 3 is 1.04 bits per heavy atom. The lowest BCUT2D eigenvalue weighted by Gasteiger charge is -2.22. The van der Waals surface area contributed by atoms with Crippen LogP contribution >= 0.6 is 0 Å². The number of nitrogens with one attached hydrogen (secondary N) is 1. The van der Waals surface area contributed by atoms with Gasteiger partial charge in [-0.1, -0.05) is 314 Å². The van der Waals surface area contributed by atoms with Crippen molar-refractivity contribution in [1.82, 2.24) is 5.32 Å². The molecule has 2 atom stereocenters. The SMILES string of the molecule is CCCCCCCCCCCCCCCCCCCCCCCC(O)C(CO)NC(=O)CCCCCCCCC/C=C\C/C=C\CCCCCOC(=O)CCCCCCCCCCCCCCCCCCCC. The van der Waals surface area contributed by atoms with Crippen LogP contribution in [0.2, 0.25) is 0 Å². The van der Waals surface area contributed by atoms with Gasteiger partial charge in [0.05, 0.1) is 25.4 Å². The largest absolute Gasteiger partial charge is 0.466 e. The molecule has 0 aromatic carbocycles. The number of unbranched alkanes of at least 4 members (excludes halogenated alkanes) is 47. The Bertz CT molecular complexity index is 1140. The maximum atomic E-state index is 12.5. The molecule has 0 bridgehead atoms. The lowest BCUT2D eigenvalue weighted by Crippen LogP contribution is -2.45. The van der Waals surface area contributed by atoms with Crippen molar-refractivity contribution >= 4 is 11.9 Å². The summed E-state index contributed by atoms with van der Waals surface area (Å²) in [6.45, 7) is 4.95. The Kier molecular flexibility index (Phi) is 61.4. The summed E-state index contributed by atoms with van der Waals surface area (Å²) >= 11 is 0. The normalized spacial score (nSPS) is 12.7. The fourth-order valence-corrected chi connectivity index (χ4v) is 10.4. The number of carbonyl (C=O) groups is 2. The second kappa shape index (κ2) is 62.9. The number of carbonyl (C=O) groups excluding carboxylic acids is 2. The highest BCUT2D eigenvalue weighted by molar-refractivity contribution is 5.76. The highest BCUT2D eigenvalue weighted by atomic mass is 16.5. The van der Waals surface area contributed by atoms with Crippen molar-refractivity contribution in [3.8, 4) is 0 Å². The molecule has 0 radical (unpaired) electrons. The lowest BCUT2D eigenvalue weighted by atomic mass is 10.0. The predicted octanol–water partition coefficient (Wildman–Crippen LogP) is 21.0. The van der Waals surface area contributed by atoms with Gasteiger partial charge >= 0.3 is 5.97 Å². The first-order valence-electron chi connectivity index (χ1n) is 33.1. The van der Waals surface area contributed by atoms with E-state index in [0.29, 0.717) is 25.9 Å². The molecule has 0 aromatic heterocycles. The van der Waals surface area contributed by atoms with E-state index in [-0.39, 0.29) is 18.5 Å². The minimum Gasteiger partial charge on any atom is -0.466 e. The number of ether oxygens (including phenoxy) is 1. The van der Waals surface area contributed by atoms with E-state index in [4.69, 9.17) is 4.74 Å². The molecule has 73 heavy (non-hydrogen) atoms. The van der Waals surface area contributed by atoms with E-state index in [1.54, 1.807) is 0 Å². The summed E-state index contributed by atoms with van der Waals surface area (Å²) < 4.78 is 5.48. The molecule has 0 spiro atoms. The highest BCUT2D eigenvalue weighted by Gasteiger charge is 2.20. The first-order valence-corrected chi connectivity index (χ1v) is 33.1. The molecule has 0 aliphatic heterocycles. The van der Waals surface area contributed by atoms with Crippen molar-refractivity contribution in [2.24, 2.45) is 0 Å². The fraction of sp³-hybridized carbons (Fsp3) is 0.910. The van der Waals surface area contributed by atoms with Crippen LogP contribution in [0, 0.1) is 0 Å². The predicted molar refractivity (Wildman–Crippen MR) is 320 cm³/mol. The van der Waals surface area contributed by atoms with Crippen molar-refractivity contribution < 1.29 is 24.5 Å². The molecule has 3 N–H and O–H groups in total. The van der Waals surface area contributed by atoms with Gasteiger partial charge in [0, 0.05) is 12.8 Å². The summed E-state index contributed by atoms with van der Waals surface area (Å²) in [5.74, 6) is -0.0574. The minimum atomic E-state index is -0.676. The molecule has 0 aliphatic carbocycles. The zero-order valence-electron chi connectivity index (χ0n) is 49.4. The van der Waals surface area contributed by atoms with Crippen molar-refractivity contribution in [3.05, 3.63) is 24.3 Å². The first kappa shape index (κ1) is 71.3. The maximum absolute atomic E-state index is 12.5. The molecule has 6 heteroatoms. The van der Waals surface area contributed by atoms with Crippen molar-refractivity contribution in [1.29, 1.82) is 0 Å².